The first-order valence-corrected chi connectivity index (χ1v) is 11.4. The topological polar surface area (TPSA) is 92.9 Å². The Morgan fingerprint density at radius 3 is 3.00 bits per heavy atom. The lowest BCUT2D eigenvalue weighted by Gasteiger charge is -2.37. The van der Waals surface area contributed by atoms with Crippen molar-refractivity contribution in [3.05, 3.63) is 41.9 Å². The first-order valence-electron chi connectivity index (χ1n) is 11.4. The van der Waals surface area contributed by atoms with Crippen molar-refractivity contribution in [1.29, 1.82) is 0 Å². The third-order valence-electron chi connectivity index (χ3n) is 6.31. The van der Waals surface area contributed by atoms with E-state index in [0.29, 0.717) is 19.0 Å². The molecule has 8 nitrogen and oxygen atoms in total. The average molecular weight is 442 g/mol. The van der Waals surface area contributed by atoms with E-state index in [1.54, 1.807) is 0 Å². The number of rotatable bonds is 9. The van der Waals surface area contributed by atoms with Gasteiger partial charge in [-0.1, -0.05) is 38.0 Å². The number of H-pyrrole nitrogens is 2. The van der Waals surface area contributed by atoms with Crippen molar-refractivity contribution in [2.24, 2.45) is 0 Å². The Bertz CT molecular complexity index is 1030. The zero-order chi connectivity index (χ0) is 22.5. The number of nitrogens with one attached hydrogen (secondary N) is 3. The van der Waals surface area contributed by atoms with Crippen molar-refractivity contribution in [3.63, 3.8) is 0 Å². The number of alkyl halides is 1. The summed E-state index contributed by atoms with van der Waals surface area (Å²) in [5.41, 5.74) is 2.29. The van der Waals surface area contributed by atoms with Crippen molar-refractivity contribution in [1.82, 2.24) is 30.4 Å². The van der Waals surface area contributed by atoms with E-state index in [9.17, 15) is 9.18 Å². The second kappa shape index (κ2) is 10.1. The van der Waals surface area contributed by atoms with Crippen LogP contribution in [0, 0.1) is 0 Å². The highest BCUT2D eigenvalue weighted by atomic mass is 19.1. The number of aromatic nitrogens is 4. The molecule has 2 aromatic heterocycles. The molecule has 172 valence electrons. The van der Waals surface area contributed by atoms with Gasteiger partial charge in [-0.3, -0.25) is 14.8 Å². The van der Waals surface area contributed by atoms with Crippen molar-refractivity contribution >= 4 is 22.8 Å². The van der Waals surface area contributed by atoms with E-state index in [0.717, 1.165) is 37.7 Å². The lowest BCUT2D eigenvalue weighted by atomic mass is 10.0. The number of carbonyl (C=O) groups is 1. The summed E-state index contributed by atoms with van der Waals surface area (Å²) < 4.78 is 13.3. The fraction of sp³-hybridized carbons (Fsp3) is 0.522. The van der Waals surface area contributed by atoms with Gasteiger partial charge in [-0.15, -0.1) is 5.10 Å². The fourth-order valence-electron chi connectivity index (χ4n) is 4.29. The van der Waals surface area contributed by atoms with Gasteiger partial charge in [-0.05, 0) is 31.5 Å². The number of hydrogen-bond donors (Lipinski definition) is 3. The van der Waals surface area contributed by atoms with Gasteiger partial charge in [0, 0.05) is 42.8 Å². The number of aromatic amines is 2. The molecular formula is C23H32FN7O. The summed E-state index contributed by atoms with van der Waals surface area (Å²) in [4.78, 5) is 24.6. The number of carbonyl (C=O) groups excluding carboxylic acids is 1. The first kappa shape index (κ1) is 22.3. The number of benzene rings is 1. The van der Waals surface area contributed by atoms with E-state index in [4.69, 9.17) is 0 Å². The number of likely N-dealkylation sites (N-methyl/N-ethyl adjacent to an activating group) is 1. The SMILES string of the molecule is CCCCC(Cc1c[nH]c2ccccc12)NC(=O)c1nc(N2CCN(C)C(CF)C2)n[nH]1. The molecule has 4 rings (SSSR count). The molecule has 1 fully saturated rings. The molecular weight excluding hydrogens is 409 g/mol. The summed E-state index contributed by atoms with van der Waals surface area (Å²) in [6, 6.07) is 8.01. The van der Waals surface area contributed by atoms with Crippen LogP contribution in [0.1, 0.15) is 42.4 Å². The van der Waals surface area contributed by atoms with E-state index in [-0.39, 0.29) is 23.8 Å². The van der Waals surface area contributed by atoms with E-state index in [2.05, 4.69) is 44.5 Å². The zero-order valence-corrected chi connectivity index (χ0v) is 18.8. The number of para-hydroxylation sites is 1. The van der Waals surface area contributed by atoms with Crippen LogP contribution in [0.5, 0.6) is 0 Å². The molecule has 32 heavy (non-hydrogen) atoms. The van der Waals surface area contributed by atoms with Gasteiger partial charge in [0.05, 0.1) is 6.04 Å². The Labute approximate surface area is 187 Å². The first-order chi connectivity index (χ1) is 15.6. The number of piperazine rings is 1. The van der Waals surface area contributed by atoms with Gasteiger partial charge in [-0.2, -0.15) is 4.98 Å². The second-order valence-corrected chi connectivity index (χ2v) is 8.60. The maximum atomic E-state index is 13.3. The van der Waals surface area contributed by atoms with Gasteiger partial charge in [0.15, 0.2) is 0 Å². The van der Waals surface area contributed by atoms with Crippen LogP contribution in [0.15, 0.2) is 30.5 Å². The lowest BCUT2D eigenvalue weighted by molar-refractivity contribution is 0.0924. The molecule has 0 saturated carbocycles. The lowest BCUT2D eigenvalue weighted by Crippen LogP contribution is -2.52. The minimum Gasteiger partial charge on any atom is -0.361 e. The molecule has 0 bridgehead atoms. The Morgan fingerprint density at radius 2 is 2.19 bits per heavy atom. The largest absolute Gasteiger partial charge is 0.361 e. The normalized spacial score (nSPS) is 18.2. The number of nitrogens with zero attached hydrogens (tertiary/aromatic N) is 4. The average Bonchev–Trinajstić information content (AvgIpc) is 3.46. The van der Waals surface area contributed by atoms with Crippen molar-refractivity contribution in [2.75, 3.05) is 38.3 Å². The maximum absolute atomic E-state index is 13.3. The second-order valence-electron chi connectivity index (χ2n) is 8.60. The number of anilines is 1. The number of amides is 1. The predicted molar refractivity (Wildman–Crippen MR) is 124 cm³/mol. The van der Waals surface area contributed by atoms with Gasteiger partial charge in [0.25, 0.3) is 5.91 Å². The predicted octanol–water partition coefficient (Wildman–Crippen LogP) is 2.91. The number of halogens is 1. The standard InChI is InChI=1S/C23H32FN7O/c1-3-4-7-17(12-16-14-25-20-9-6-5-8-19(16)20)26-22(32)21-27-23(29-28-21)31-11-10-30(2)18(13-24)15-31/h5-6,8-9,14,17-18,25H,3-4,7,10-13,15H2,1-2H3,(H,26,32)(H,27,28,29). The minimum absolute atomic E-state index is 0.00485. The van der Waals surface area contributed by atoms with Crippen LogP contribution in [-0.4, -0.2) is 76.4 Å². The number of hydrogen-bond acceptors (Lipinski definition) is 5. The monoisotopic (exact) mass is 441 g/mol. The summed E-state index contributed by atoms with van der Waals surface area (Å²) in [7, 11) is 1.92. The molecule has 1 aliphatic rings. The van der Waals surface area contributed by atoms with Gasteiger partial charge in [0.1, 0.15) is 6.67 Å². The molecule has 0 spiro atoms. The molecule has 3 N–H and O–H groups in total. The molecule has 9 heteroatoms. The van der Waals surface area contributed by atoms with Gasteiger partial charge in [0.2, 0.25) is 11.8 Å². The van der Waals surface area contributed by atoms with E-state index in [1.165, 1.54) is 10.9 Å². The summed E-state index contributed by atoms with van der Waals surface area (Å²) in [5.74, 6) is 0.375. The quantitative estimate of drug-likeness (QED) is 0.475. The smallest absolute Gasteiger partial charge is 0.288 e. The Hall–Kier alpha value is -2.94. The number of unbranched alkanes of at least 4 members (excludes halogenated alkanes) is 1. The van der Waals surface area contributed by atoms with Crippen LogP contribution < -0.4 is 10.2 Å². The van der Waals surface area contributed by atoms with Crippen molar-refractivity contribution < 1.29 is 9.18 Å². The summed E-state index contributed by atoms with van der Waals surface area (Å²) in [6.45, 7) is 3.66. The molecule has 2 atom stereocenters. The summed E-state index contributed by atoms with van der Waals surface area (Å²) in [6.07, 6.45) is 5.75. The molecule has 0 radical (unpaired) electrons. The van der Waals surface area contributed by atoms with Crippen LogP contribution in [-0.2, 0) is 6.42 Å². The highest BCUT2D eigenvalue weighted by Gasteiger charge is 2.27. The van der Waals surface area contributed by atoms with Gasteiger partial charge < -0.3 is 15.2 Å². The zero-order valence-electron chi connectivity index (χ0n) is 18.8. The van der Waals surface area contributed by atoms with Crippen LogP contribution >= 0.6 is 0 Å². The fourth-order valence-corrected chi connectivity index (χ4v) is 4.29. The molecule has 1 aliphatic heterocycles. The van der Waals surface area contributed by atoms with E-state index in [1.807, 2.05) is 35.2 Å². The Morgan fingerprint density at radius 1 is 1.34 bits per heavy atom. The molecule has 1 aromatic carbocycles. The highest BCUT2D eigenvalue weighted by Crippen LogP contribution is 2.21. The molecule has 1 saturated heterocycles. The number of fused-ring (bicyclic) bond motifs is 1. The van der Waals surface area contributed by atoms with E-state index < -0.39 is 6.67 Å². The summed E-state index contributed by atoms with van der Waals surface area (Å²) >= 11 is 0. The summed E-state index contributed by atoms with van der Waals surface area (Å²) in [5, 5.41) is 11.3. The molecule has 2 unspecified atom stereocenters. The molecule has 1 amide bonds. The Kier molecular flexibility index (Phi) is 7.04. The van der Waals surface area contributed by atoms with Crippen LogP contribution in [0.3, 0.4) is 0 Å². The molecule has 0 aliphatic carbocycles. The Balaban J connectivity index is 1.43. The molecule has 3 aromatic rings. The third kappa shape index (κ3) is 4.93. The van der Waals surface area contributed by atoms with Crippen molar-refractivity contribution in [3.8, 4) is 0 Å². The van der Waals surface area contributed by atoms with Gasteiger partial charge >= 0.3 is 0 Å². The van der Waals surface area contributed by atoms with Gasteiger partial charge in [-0.25, -0.2) is 4.39 Å². The van der Waals surface area contributed by atoms with Crippen LogP contribution in [0.2, 0.25) is 0 Å². The maximum Gasteiger partial charge on any atom is 0.288 e. The van der Waals surface area contributed by atoms with Crippen LogP contribution in [0.25, 0.3) is 10.9 Å². The minimum atomic E-state index is -0.419. The van der Waals surface area contributed by atoms with E-state index >= 15 is 0 Å². The highest BCUT2D eigenvalue weighted by molar-refractivity contribution is 5.91. The molecule has 3 heterocycles. The van der Waals surface area contributed by atoms with Crippen LogP contribution in [0.4, 0.5) is 10.3 Å². The third-order valence-corrected chi connectivity index (χ3v) is 6.31. The van der Waals surface area contributed by atoms with Crippen molar-refractivity contribution in [2.45, 2.75) is 44.7 Å².